The summed E-state index contributed by atoms with van der Waals surface area (Å²) < 4.78 is 0. The van der Waals surface area contributed by atoms with Crippen molar-refractivity contribution in [3.8, 4) is 0 Å². The van der Waals surface area contributed by atoms with Gasteiger partial charge < -0.3 is 10.4 Å². The third-order valence-electron chi connectivity index (χ3n) is 3.53. The van der Waals surface area contributed by atoms with Crippen LogP contribution in [0.2, 0.25) is 0 Å². The molecule has 1 atom stereocenters. The van der Waals surface area contributed by atoms with Gasteiger partial charge in [0.15, 0.2) is 0 Å². The number of aromatic amines is 1. The molecule has 0 fully saturated rings. The molecule has 1 aromatic carbocycles. The van der Waals surface area contributed by atoms with Crippen molar-refractivity contribution in [3.63, 3.8) is 0 Å². The Labute approximate surface area is 124 Å². The number of nitrogens with zero attached hydrogens (tertiary/aromatic N) is 1. The summed E-state index contributed by atoms with van der Waals surface area (Å²) in [5.74, 6) is -0.0995. The minimum absolute atomic E-state index is 0.0794. The van der Waals surface area contributed by atoms with E-state index < -0.39 is 0 Å². The molecule has 0 aliphatic carbocycles. The number of amides is 1. The van der Waals surface area contributed by atoms with Crippen LogP contribution in [0.25, 0.3) is 0 Å². The van der Waals surface area contributed by atoms with Crippen LogP contribution in [-0.2, 0) is 17.6 Å². The number of carbonyl (C=O) groups is 1. The summed E-state index contributed by atoms with van der Waals surface area (Å²) in [6.07, 6.45) is 0.895. The number of hydrogen-bond acceptors (Lipinski definition) is 3. The number of H-pyrrole nitrogens is 1. The Morgan fingerprint density at radius 1 is 1.33 bits per heavy atom. The molecule has 0 aliphatic heterocycles. The molecular formula is C16H21N3O2. The molecule has 0 spiro atoms. The highest BCUT2D eigenvalue weighted by Gasteiger charge is 2.15. The average Bonchev–Trinajstić information content (AvgIpc) is 2.79. The van der Waals surface area contributed by atoms with Gasteiger partial charge in [0.1, 0.15) is 0 Å². The second kappa shape index (κ2) is 7.04. The van der Waals surface area contributed by atoms with Crippen molar-refractivity contribution in [2.45, 2.75) is 32.7 Å². The zero-order chi connectivity index (χ0) is 15.2. The molecule has 0 aliphatic rings. The van der Waals surface area contributed by atoms with Crippen LogP contribution in [0.1, 0.15) is 22.5 Å². The van der Waals surface area contributed by atoms with E-state index in [2.05, 4.69) is 15.5 Å². The predicted octanol–water partition coefficient (Wildman–Crippen LogP) is 1.29. The van der Waals surface area contributed by atoms with Crippen LogP contribution in [0.3, 0.4) is 0 Å². The first kappa shape index (κ1) is 15.3. The molecule has 0 radical (unpaired) electrons. The Hall–Kier alpha value is -2.14. The van der Waals surface area contributed by atoms with Gasteiger partial charge in [-0.25, -0.2) is 0 Å². The van der Waals surface area contributed by atoms with Crippen LogP contribution in [0.4, 0.5) is 0 Å². The van der Waals surface area contributed by atoms with Gasteiger partial charge >= 0.3 is 0 Å². The molecular weight excluding hydrogens is 266 g/mol. The number of aliphatic hydroxyl groups is 1. The number of hydrogen-bond donors (Lipinski definition) is 3. The third kappa shape index (κ3) is 4.16. The van der Waals surface area contributed by atoms with Crippen LogP contribution in [-0.4, -0.2) is 33.9 Å². The van der Waals surface area contributed by atoms with E-state index in [0.29, 0.717) is 6.42 Å². The van der Waals surface area contributed by atoms with Crippen molar-refractivity contribution >= 4 is 5.91 Å². The summed E-state index contributed by atoms with van der Waals surface area (Å²) in [6.45, 7) is 3.69. The molecule has 0 bridgehead atoms. The van der Waals surface area contributed by atoms with Gasteiger partial charge in [0.2, 0.25) is 5.91 Å². The molecule has 0 unspecified atom stereocenters. The van der Waals surface area contributed by atoms with Crippen molar-refractivity contribution < 1.29 is 9.90 Å². The Balaban J connectivity index is 1.94. The molecule has 0 saturated heterocycles. The number of aryl methyl sites for hydroxylation is 2. The predicted molar refractivity (Wildman–Crippen MR) is 80.9 cm³/mol. The quantitative estimate of drug-likeness (QED) is 0.749. The molecule has 1 aromatic heterocycles. The normalized spacial score (nSPS) is 12.1. The molecule has 1 amide bonds. The average molecular weight is 287 g/mol. The molecule has 2 aromatic rings. The van der Waals surface area contributed by atoms with Crippen LogP contribution in [0, 0.1) is 13.8 Å². The lowest BCUT2D eigenvalue weighted by atomic mass is 10.1. The van der Waals surface area contributed by atoms with Crippen molar-refractivity contribution in [1.29, 1.82) is 0 Å². The summed E-state index contributed by atoms with van der Waals surface area (Å²) in [7, 11) is 0. The Bertz CT molecular complexity index is 573. The summed E-state index contributed by atoms with van der Waals surface area (Å²) >= 11 is 0. The molecule has 5 heteroatoms. The fourth-order valence-corrected chi connectivity index (χ4v) is 2.33. The van der Waals surface area contributed by atoms with Crippen LogP contribution < -0.4 is 5.32 Å². The van der Waals surface area contributed by atoms with Crippen LogP contribution >= 0.6 is 0 Å². The van der Waals surface area contributed by atoms with E-state index in [1.54, 1.807) is 0 Å². The largest absolute Gasteiger partial charge is 0.394 e. The summed E-state index contributed by atoms with van der Waals surface area (Å²) in [5.41, 5.74) is 3.76. The van der Waals surface area contributed by atoms with Crippen molar-refractivity contribution in [1.82, 2.24) is 15.5 Å². The van der Waals surface area contributed by atoms with Gasteiger partial charge in [0.25, 0.3) is 0 Å². The van der Waals surface area contributed by atoms with E-state index in [-0.39, 0.29) is 25.0 Å². The first-order valence-corrected chi connectivity index (χ1v) is 7.04. The number of aromatic nitrogens is 2. The Kier molecular flexibility index (Phi) is 5.11. The number of carbonyl (C=O) groups excluding carboxylic acids is 1. The van der Waals surface area contributed by atoms with Gasteiger partial charge in [-0.2, -0.15) is 5.10 Å². The summed E-state index contributed by atoms with van der Waals surface area (Å²) in [6, 6.07) is 9.54. The molecule has 21 heavy (non-hydrogen) atoms. The zero-order valence-corrected chi connectivity index (χ0v) is 12.4. The maximum atomic E-state index is 12.1. The fourth-order valence-electron chi connectivity index (χ4n) is 2.33. The molecule has 5 nitrogen and oxygen atoms in total. The topological polar surface area (TPSA) is 78.0 Å². The second-order valence-electron chi connectivity index (χ2n) is 5.23. The van der Waals surface area contributed by atoms with Crippen molar-refractivity contribution in [3.05, 3.63) is 52.8 Å². The minimum Gasteiger partial charge on any atom is -0.394 e. The molecule has 3 N–H and O–H groups in total. The number of aliphatic hydroxyl groups excluding tert-OH is 1. The molecule has 112 valence electrons. The summed E-state index contributed by atoms with van der Waals surface area (Å²) in [5, 5.41) is 19.3. The first-order valence-electron chi connectivity index (χ1n) is 7.04. The maximum Gasteiger partial charge on any atom is 0.224 e. The zero-order valence-electron chi connectivity index (χ0n) is 12.4. The van der Waals surface area contributed by atoms with Gasteiger partial charge in [0, 0.05) is 11.3 Å². The van der Waals surface area contributed by atoms with Gasteiger partial charge in [-0.15, -0.1) is 0 Å². The van der Waals surface area contributed by atoms with E-state index in [4.69, 9.17) is 0 Å². The Morgan fingerprint density at radius 2 is 2.05 bits per heavy atom. The molecule has 2 rings (SSSR count). The van der Waals surface area contributed by atoms with Gasteiger partial charge in [0.05, 0.1) is 24.8 Å². The van der Waals surface area contributed by atoms with Crippen molar-refractivity contribution in [2.24, 2.45) is 0 Å². The van der Waals surface area contributed by atoms with Gasteiger partial charge in [-0.3, -0.25) is 9.89 Å². The number of benzene rings is 1. The minimum atomic E-state index is -0.271. The lowest BCUT2D eigenvalue weighted by molar-refractivity contribution is -0.121. The number of nitrogens with one attached hydrogen (secondary N) is 2. The smallest absolute Gasteiger partial charge is 0.224 e. The van der Waals surface area contributed by atoms with E-state index in [1.165, 1.54) is 0 Å². The lowest BCUT2D eigenvalue weighted by Crippen LogP contribution is -2.40. The van der Waals surface area contributed by atoms with E-state index in [1.807, 2.05) is 44.2 Å². The molecule has 0 saturated carbocycles. The first-order chi connectivity index (χ1) is 10.1. The maximum absolute atomic E-state index is 12.1. The van der Waals surface area contributed by atoms with E-state index in [0.717, 1.165) is 22.5 Å². The highest BCUT2D eigenvalue weighted by Crippen LogP contribution is 2.10. The van der Waals surface area contributed by atoms with E-state index >= 15 is 0 Å². The van der Waals surface area contributed by atoms with Crippen LogP contribution in [0.5, 0.6) is 0 Å². The lowest BCUT2D eigenvalue weighted by Gasteiger charge is -2.16. The van der Waals surface area contributed by atoms with E-state index in [9.17, 15) is 9.90 Å². The highest BCUT2D eigenvalue weighted by molar-refractivity contribution is 5.79. The monoisotopic (exact) mass is 287 g/mol. The van der Waals surface area contributed by atoms with Gasteiger partial charge in [-0.05, 0) is 25.8 Å². The second-order valence-corrected chi connectivity index (χ2v) is 5.23. The SMILES string of the molecule is Cc1n[nH]c(C)c1CC(=O)N[C@@H](CO)Cc1ccccc1. The number of rotatable bonds is 6. The third-order valence-corrected chi connectivity index (χ3v) is 3.53. The fraction of sp³-hybridized carbons (Fsp3) is 0.375. The van der Waals surface area contributed by atoms with Gasteiger partial charge in [-0.1, -0.05) is 30.3 Å². The van der Waals surface area contributed by atoms with Crippen molar-refractivity contribution in [2.75, 3.05) is 6.61 Å². The standard InChI is InChI=1S/C16H21N3O2/c1-11-15(12(2)19-18-11)9-16(21)17-14(10-20)8-13-6-4-3-5-7-13/h3-7,14,20H,8-10H2,1-2H3,(H,17,21)(H,18,19)/t14-/m1/s1. The Morgan fingerprint density at radius 3 is 2.62 bits per heavy atom. The summed E-state index contributed by atoms with van der Waals surface area (Å²) in [4.78, 5) is 12.1. The molecule has 1 heterocycles. The highest BCUT2D eigenvalue weighted by atomic mass is 16.3. The van der Waals surface area contributed by atoms with Crippen LogP contribution in [0.15, 0.2) is 30.3 Å².